The van der Waals surface area contributed by atoms with E-state index in [2.05, 4.69) is 0 Å². The Morgan fingerprint density at radius 3 is 2.83 bits per heavy atom. The van der Waals surface area contributed by atoms with E-state index in [1.165, 1.54) is 0 Å². The predicted molar refractivity (Wildman–Crippen MR) is 68.7 cm³/mol. The van der Waals surface area contributed by atoms with Crippen molar-refractivity contribution in [1.29, 1.82) is 0 Å². The largest absolute Gasteiger partial charge is 0.496 e. The third kappa shape index (κ3) is 2.04. The summed E-state index contributed by atoms with van der Waals surface area (Å²) in [5.74, 6) is -0.292. The van der Waals surface area contributed by atoms with Crippen LogP contribution in [0.15, 0.2) is 24.4 Å². The second-order valence-corrected chi connectivity index (χ2v) is 4.25. The molecule has 5 heteroatoms. The molecule has 2 aromatic rings. The molecule has 18 heavy (non-hydrogen) atoms. The fourth-order valence-electron chi connectivity index (χ4n) is 2.20. The first-order chi connectivity index (χ1) is 8.54. The van der Waals surface area contributed by atoms with Crippen molar-refractivity contribution >= 4 is 16.9 Å². The highest BCUT2D eigenvalue weighted by molar-refractivity contribution is 5.87. The van der Waals surface area contributed by atoms with E-state index in [1.54, 1.807) is 7.11 Å². The number of aliphatic carboxylic acids is 1. The van der Waals surface area contributed by atoms with E-state index in [-0.39, 0.29) is 6.42 Å². The number of aryl methyl sites for hydroxylation is 1. The van der Waals surface area contributed by atoms with Crippen molar-refractivity contribution in [3.8, 4) is 5.75 Å². The normalized spacial score (nSPS) is 12.6. The van der Waals surface area contributed by atoms with Crippen LogP contribution < -0.4 is 10.5 Å². The highest BCUT2D eigenvalue weighted by atomic mass is 16.5. The molecule has 0 radical (unpaired) electrons. The molecule has 0 saturated carbocycles. The summed E-state index contributed by atoms with van der Waals surface area (Å²) in [5.41, 5.74) is 7.73. The van der Waals surface area contributed by atoms with Gasteiger partial charge >= 0.3 is 5.97 Å². The summed E-state index contributed by atoms with van der Waals surface area (Å²) in [6, 6.07) is 5.10. The Labute approximate surface area is 105 Å². The van der Waals surface area contributed by atoms with Gasteiger partial charge < -0.3 is 20.1 Å². The Morgan fingerprint density at radius 1 is 1.50 bits per heavy atom. The number of nitrogens with two attached hydrogens (primary N) is 1. The number of nitrogens with zero attached hydrogens (tertiary/aromatic N) is 1. The molecule has 0 spiro atoms. The quantitative estimate of drug-likeness (QED) is 0.862. The number of methoxy groups -OCH3 is 1. The van der Waals surface area contributed by atoms with Gasteiger partial charge in [0.15, 0.2) is 0 Å². The number of fused-ring (bicyclic) bond motifs is 1. The lowest BCUT2D eigenvalue weighted by molar-refractivity contribution is -0.137. The van der Waals surface area contributed by atoms with Crippen LogP contribution in [0.4, 0.5) is 0 Å². The maximum absolute atomic E-state index is 10.8. The Balaban J connectivity index is 2.60. The molecule has 0 bridgehead atoms. The lowest BCUT2D eigenvalue weighted by Crippen LogP contribution is -2.16. The van der Waals surface area contributed by atoms with Crippen molar-refractivity contribution in [3.05, 3.63) is 30.0 Å². The van der Waals surface area contributed by atoms with Crippen LogP contribution in [0, 0.1) is 0 Å². The maximum atomic E-state index is 10.8. The molecule has 1 unspecified atom stereocenters. The first-order valence-electron chi connectivity index (χ1n) is 5.64. The highest BCUT2D eigenvalue weighted by Crippen LogP contribution is 2.33. The molecule has 1 aromatic heterocycles. The van der Waals surface area contributed by atoms with Crippen molar-refractivity contribution in [3.63, 3.8) is 0 Å². The smallest absolute Gasteiger partial charge is 0.305 e. The lowest BCUT2D eigenvalue weighted by atomic mass is 9.99. The molecule has 0 aliphatic heterocycles. The van der Waals surface area contributed by atoms with Gasteiger partial charge in [0.2, 0.25) is 0 Å². The van der Waals surface area contributed by atoms with Crippen molar-refractivity contribution in [2.75, 3.05) is 7.11 Å². The molecule has 0 aliphatic carbocycles. The zero-order valence-corrected chi connectivity index (χ0v) is 10.4. The predicted octanol–water partition coefficient (Wildman–Crippen LogP) is 1.66. The third-order valence-electron chi connectivity index (χ3n) is 3.05. The zero-order chi connectivity index (χ0) is 13.3. The van der Waals surface area contributed by atoms with Gasteiger partial charge in [0.05, 0.1) is 13.5 Å². The number of ether oxygens (including phenoxy) is 1. The van der Waals surface area contributed by atoms with Gasteiger partial charge in [-0.3, -0.25) is 4.79 Å². The van der Waals surface area contributed by atoms with Gasteiger partial charge in [-0.15, -0.1) is 0 Å². The molecule has 1 aromatic carbocycles. The van der Waals surface area contributed by atoms with Gasteiger partial charge in [0, 0.05) is 35.8 Å². The second kappa shape index (κ2) is 4.70. The standard InChI is InChI=1S/C13H16N2O3/c1-15-6-5-8-10(15)3-4-11(18-2)13(8)9(14)7-12(16)17/h3-6,9H,7,14H2,1-2H3,(H,16,17). The molecule has 0 saturated heterocycles. The molecule has 2 rings (SSSR count). The van der Waals surface area contributed by atoms with Crippen LogP contribution in [0.2, 0.25) is 0 Å². The number of carbonyl (C=O) groups is 1. The first kappa shape index (κ1) is 12.4. The van der Waals surface area contributed by atoms with Crippen LogP contribution in [-0.2, 0) is 11.8 Å². The van der Waals surface area contributed by atoms with E-state index >= 15 is 0 Å². The summed E-state index contributed by atoms with van der Waals surface area (Å²) in [7, 11) is 3.49. The van der Waals surface area contributed by atoms with E-state index in [4.69, 9.17) is 15.6 Å². The lowest BCUT2D eigenvalue weighted by Gasteiger charge is -2.15. The monoisotopic (exact) mass is 248 g/mol. The number of aromatic nitrogens is 1. The van der Waals surface area contributed by atoms with E-state index in [0.29, 0.717) is 5.75 Å². The second-order valence-electron chi connectivity index (χ2n) is 4.25. The minimum absolute atomic E-state index is 0.121. The maximum Gasteiger partial charge on any atom is 0.305 e. The van der Waals surface area contributed by atoms with Crippen LogP contribution >= 0.6 is 0 Å². The SMILES string of the molecule is COc1ccc2c(ccn2C)c1C(N)CC(=O)O. The van der Waals surface area contributed by atoms with Crippen molar-refractivity contribution in [1.82, 2.24) is 4.57 Å². The zero-order valence-electron chi connectivity index (χ0n) is 10.4. The molecule has 96 valence electrons. The van der Waals surface area contributed by atoms with Gasteiger partial charge in [-0.1, -0.05) is 0 Å². The summed E-state index contributed by atoms with van der Waals surface area (Å²) >= 11 is 0. The van der Waals surface area contributed by atoms with Gasteiger partial charge in [-0.25, -0.2) is 0 Å². The average Bonchev–Trinajstić information content (AvgIpc) is 2.69. The minimum atomic E-state index is -0.919. The number of rotatable bonds is 4. The first-order valence-corrected chi connectivity index (χ1v) is 5.64. The Hall–Kier alpha value is -2.01. The van der Waals surface area contributed by atoms with Gasteiger partial charge in [0.25, 0.3) is 0 Å². The number of hydrogen-bond acceptors (Lipinski definition) is 3. The number of benzene rings is 1. The van der Waals surface area contributed by atoms with Crippen LogP contribution in [0.3, 0.4) is 0 Å². The van der Waals surface area contributed by atoms with Gasteiger partial charge in [0.1, 0.15) is 5.75 Å². The van der Waals surface area contributed by atoms with Crippen LogP contribution in [0.5, 0.6) is 5.75 Å². The fraction of sp³-hybridized carbons (Fsp3) is 0.308. The van der Waals surface area contributed by atoms with Crippen molar-refractivity contribution in [2.24, 2.45) is 12.8 Å². The van der Waals surface area contributed by atoms with Crippen LogP contribution in [0.1, 0.15) is 18.0 Å². The van der Waals surface area contributed by atoms with Gasteiger partial charge in [-0.05, 0) is 18.2 Å². The van der Waals surface area contributed by atoms with E-state index < -0.39 is 12.0 Å². The Morgan fingerprint density at radius 2 is 2.22 bits per heavy atom. The summed E-state index contributed by atoms with van der Waals surface area (Å²) < 4.78 is 7.25. The fourth-order valence-corrected chi connectivity index (χ4v) is 2.20. The summed E-state index contributed by atoms with van der Waals surface area (Å²) in [4.78, 5) is 10.8. The highest BCUT2D eigenvalue weighted by Gasteiger charge is 2.19. The summed E-state index contributed by atoms with van der Waals surface area (Å²) in [5, 5.41) is 9.80. The van der Waals surface area contributed by atoms with Crippen LogP contribution in [-0.4, -0.2) is 22.8 Å². The Bertz CT molecular complexity index is 589. The summed E-state index contributed by atoms with van der Waals surface area (Å²) in [6.45, 7) is 0. The molecule has 5 nitrogen and oxygen atoms in total. The molecular formula is C13H16N2O3. The average molecular weight is 248 g/mol. The van der Waals surface area contributed by atoms with Crippen molar-refractivity contribution < 1.29 is 14.6 Å². The number of carboxylic acid groups (broad SMARTS) is 1. The third-order valence-corrected chi connectivity index (χ3v) is 3.05. The molecule has 3 N–H and O–H groups in total. The molecular weight excluding hydrogens is 232 g/mol. The summed E-state index contributed by atoms with van der Waals surface area (Å²) in [6.07, 6.45) is 1.80. The molecule has 1 heterocycles. The molecule has 0 aliphatic rings. The van der Waals surface area contributed by atoms with Crippen LogP contribution in [0.25, 0.3) is 10.9 Å². The van der Waals surface area contributed by atoms with E-state index in [1.807, 2.05) is 36.0 Å². The van der Waals surface area contributed by atoms with E-state index in [9.17, 15) is 4.79 Å². The van der Waals surface area contributed by atoms with E-state index in [0.717, 1.165) is 16.5 Å². The minimum Gasteiger partial charge on any atom is -0.496 e. The van der Waals surface area contributed by atoms with Gasteiger partial charge in [-0.2, -0.15) is 0 Å². The Kier molecular flexibility index (Phi) is 3.25. The topological polar surface area (TPSA) is 77.5 Å². The molecule has 1 atom stereocenters. The number of hydrogen-bond donors (Lipinski definition) is 2. The van der Waals surface area contributed by atoms with Crippen molar-refractivity contribution in [2.45, 2.75) is 12.5 Å². The molecule has 0 amide bonds. The molecule has 0 fully saturated rings. The number of carboxylic acids is 1.